The number of aliphatic hydroxyl groups is 6. The third kappa shape index (κ3) is 10.2. The fourth-order valence-corrected chi connectivity index (χ4v) is 6.29. The molecule has 3 aliphatic heterocycles. The van der Waals surface area contributed by atoms with E-state index < -0.39 is 134 Å². The minimum absolute atomic E-state index is 0.0440. The summed E-state index contributed by atoms with van der Waals surface area (Å²) >= 11 is 0. The number of esters is 2. The number of aliphatic hydroxyl groups excluding tert-OH is 6. The van der Waals surface area contributed by atoms with Crippen LogP contribution >= 0.6 is 0 Å². The lowest BCUT2D eigenvalue weighted by molar-refractivity contribution is -0.294. The van der Waals surface area contributed by atoms with Gasteiger partial charge in [0, 0.05) is 23.8 Å². The van der Waals surface area contributed by atoms with Crippen LogP contribution in [0.5, 0.6) is 40.2 Å². The van der Waals surface area contributed by atoms with Gasteiger partial charge >= 0.3 is 17.9 Å². The highest BCUT2D eigenvalue weighted by molar-refractivity contribution is 5.90. The molecule has 0 spiro atoms. The Kier molecular flexibility index (Phi) is 13.4. The fourth-order valence-electron chi connectivity index (χ4n) is 6.29. The molecule has 0 amide bonds. The molecule has 0 aliphatic carbocycles. The van der Waals surface area contributed by atoms with Crippen molar-refractivity contribution in [2.45, 2.75) is 73.9 Å². The van der Waals surface area contributed by atoms with Crippen molar-refractivity contribution in [3.8, 4) is 40.2 Å². The summed E-state index contributed by atoms with van der Waals surface area (Å²) in [6.07, 6.45) is -17.2. The number of carboxylic acids is 1. The highest BCUT2D eigenvalue weighted by atomic mass is 16.7. The molecule has 3 aromatic rings. The summed E-state index contributed by atoms with van der Waals surface area (Å²) in [5, 5.41) is 124. The second kappa shape index (κ2) is 18.5. The van der Waals surface area contributed by atoms with Gasteiger partial charge in [-0.25, -0.2) is 4.79 Å². The summed E-state index contributed by atoms with van der Waals surface area (Å²) in [4.78, 5) is 35.1. The number of carboxylic acid groups (broad SMARTS) is 1. The van der Waals surface area contributed by atoms with E-state index in [9.17, 15) is 70.6 Å². The maximum absolute atomic E-state index is 12.4. The highest BCUT2D eigenvalue weighted by Crippen LogP contribution is 2.46. The Balaban J connectivity index is 1.21. The molecule has 2 fully saturated rings. The van der Waals surface area contributed by atoms with Gasteiger partial charge in [0.15, 0.2) is 29.1 Å². The Hall–Kier alpha value is -6.37. The summed E-state index contributed by atoms with van der Waals surface area (Å²) in [5.41, 5.74) is 0.339. The first-order chi connectivity index (χ1) is 28.9. The average molecular weight is 861 g/mol. The van der Waals surface area contributed by atoms with Gasteiger partial charge in [-0.3, -0.25) is 9.59 Å². The zero-order valence-electron chi connectivity index (χ0n) is 31.3. The number of benzene rings is 3. The number of carbonyl (C=O) groups excluding carboxylic acids is 2. The van der Waals surface area contributed by atoms with E-state index in [0.29, 0.717) is 5.56 Å². The van der Waals surface area contributed by atoms with Gasteiger partial charge in [-0.15, -0.1) is 0 Å². The number of phenolic OH excluding ortho intramolecular Hbond substituents is 5. The van der Waals surface area contributed by atoms with E-state index >= 15 is 0 Å². The zero-order chi connectivity index (χ0) is 44.3. The SMILES string of the molecule is O=C(O)CC(=O)OCC1OC(OC2=Cc3c(O)cc(O)cc3OC2c2ccc(O)c(OC3OC(COC(=O)C=Cc4ccc(O)c(O)c4)C(O)C(O)C3O)c2)C(O)C(O)C1O. The topological polar surface area (TPSA) is 359 Å². The minimum atomic E-state index is -1.97. The summed E-state index contributed by atoms with van der Waals surface area (Å²) in [6, 6.07) is 9.44. The van der Waals surface area contributed by atoms with Crippen molar-refractivity contribution in [3.05, 3.63) is 77.1 Å². The van der Waals surface area contributed by atoms with Crippen LogP contribution in [0.2, 0.25) is 0 Å². The van der Waals surface area contributed by atoms with E-state index in [1.807, 2.05) is 0 Å². The van der Waals surface area contributed by atoms with Gasteiger partial charge in [0.2, 0.25) is 12.6 Å². The first-order valence-corrected chi connectivity index (χ1v) is 18.1. The van der Waals surface area contributed by atoms with E-state index in [1.54, 1.807) is 0 Å². The molecule has 6 rings (SSSR count). The van der Waals surface area contributed by atoms with Crippen LogP contribution in [0.15, 0.2) is 60.4 Å². The van der Waals surface area contributed by atoms with E-state index in [1.165, 1.54) is 36.4 Å². The van der Waals surface area contributed by atoms with Crippen LogP contribution in [0, 0.1) is 0 Å². The molecule has 328 valence electrons. The van der Waals surface area contributed by atoms with Crippen molar-refractivity contribution >= 4 is 30.1 Å². The van der Waals surface area contributed by atoms with Crippen LogP contribution in [-0.2, 0) is 38.1 Å². The first kappa shape index (κ1) is 44.2. The normalized spacial score (nSPS) is 28.5. The van der Waals surface area contributed by atoms with Gasteiger partial charge in [0.05, 0.1) is 5.56 Å². The van der Waals surface area contributed by atoms with Crippen LogP contribution in [0.1, 0.15) is 29.2 Å². The number of phenols is 5. The molecule has 22 heteroatoms. The van der Waals surface area contributed by atoms with E-state index in [-0.39, 0.29) is 28.4 Å². The van der Waals surface area contributed by atoms with Crippen molar-refractivity contribution in [2.24, 2.45) is 0 Å². The fraction of sp³-hybridized carbons (Fsp3) is 0.359. The quantitative estimate of drug-likeness (QED) is 0.0423. The molecule has 0 saturated carbocycles. The van der Waals surface area contributed by atoms with Gasteiger partial charge in [0.25, 0.3) is 0 Å². The standard InChI is InChI=1S/C39H40O22/c40-17-9-21(43)18-11-25(59-39-36(54)34(52)32(50)27(61-39)14-56-30(48)12-28(45)46)37(57-23(18)10-17)16-3-5-20(42)24(8-16)58-38-35(53)33(51)31(49)26(60-38)13-55-29(47)6-2-15-1-4-19(41)22(44)7-15/h1-11,26-27,31-44,49-54H,12-14H2,(H,45,46). The first-order valence-electron chi connectivity index (χ1n) is 18.1. The molecule has 0 aromatic heterocycles. The third-order valence-corrected chi connectivity index (χ3v) is 9.52. The van der Waals surface area contributed by atoms with Crippen LogP contribution in [-0.4, -0.2) is 154 Å². The molecule has 0 radical (unpaired) electrons. The zero-order valence-corrected chi connectivity index (χ0v) is 31.3. The van der Waals surface area contributed by atoms with Gasteiger partial charge in [0.1, 0.15) is 91.5 Å². The van der Waals surface area contributed by atoms with Gasteiger partial charge in [-0.1, -0.05) is 12.1 Å². The van der Waals surface area contributed by atoms with Crippen LogP contribution in [0.4, 0.5) is 0 Å². The maximum atomic E-state index is 12.4. The van der Waals surface area contributed by atoms with Crippen molar-refractivity contribution in [1.82, 2.24) is 0 Å². The lowest BCUT2D eigenvalue weighted by Gasteiger charge is -2.41. The molecular weight excluding hydrogens is 820 g/mol. The van der Waals surface area contributed by atoms with Crippen LogP contribution < -0.4 is 9.47 Å². The van der Waals surface area contributed by atoms with Crippen molar-refractivity contribution < 1.29 is 109 Å². The number of aliphatic carboxylic acids is 1. The summed E-state index contributed by atoms with van der Waals surface area (Å²) in [7, 11) is 0. The molecular formula is C39H40O22. The summed E-state index contributed by atoms with van der Waals surface area (Å²) < 4.78 is 38.9. The smallest absolute Gasteiger partial charge is 0.330 e. The second-order valence-electron chi connectivity index (χ2n) is 13.9. The number of rotatable bonds is 13. The van der Waals surface area contributed by atoms with Crippen molar-refractivity contribution in [1.29, 1.82) is 0 Å². The number of hydrogen-bond donors (Lipinski definition) is 12. The van der Waals surface area contributed by atoms with Crippen LogP contribution in [0.3, 0.4) is 0 Å². The summed E-state index contributed by atoms with van der Waals surface area (Å²) in [5.74, 6) is -6.72. The lowest BCUT2D eigenvalue weighted by Crippen LogP contribution is -2.60. The number of fused-ring (bicyclic) bond motifs is 1. The summed E-state index contributed by atoms with van der Waals surface area (Å²) in [6.45, 7) is -1.44. The lowest BCUT2D eigenvalue weighted by atomic mass is 9.98. The molecule has 11 unspecified atom stereocenters. The second-order valence-corrected chi connectivity index (χ2v) is 13.9. The molecule has 12 N–H and O–H groups in total. The molecule has 61 heavy (non-hydrogen) atoms. The number of ether oxygens (including phenoxy) is 7. The molecule has 2 saturated heterocycles. The third-order valence-electron chi connectivity index (χ3n) is 9.52. The Morgan fingerprint density at radius 2 is 1.28 bits per heavy atom. The van der Waals surface area contributed by atoms with Crippen molar-refractivity contribution in [3.63, 3.8) is 0 Å². The average Bonchev–Trinajstić information content (AvgIpc) is 3.21. The van der Waals surface area contributed by atoms with Gasteiger partial charge in [-0.2, -0.15) is 0 Å². The van der Waals surface area contributed by atoms with E-state index in [2.05, 4.69) is 0 Å². The van der Waals surface area contributed by atoms with Crippen molar-refractivity contribution in [2.75, 3.05) is 13.2 Å². The Morgan fingerprint density at radius 3 is 1.92 bits per heavy atom. The molecule has 0 bridgehead atoms. The number of hydrogen-bond acceptors (Lipinski definition) is 21. The van der Waals surface area contributed by atoms with E-state index in [4.69, 9.17) is 38.3 Å². The maximum Gasteiger partial charge on any atom is 0.330 e. The Labute approximate surface area is 343 Å². The predicted molar refractivity (Wildman–Crippen MR) is 197 cm³/mol. The molecule has 3 aliphatic rings. The molecule has 3 aromatic carbocycles. The predicted octanol–water partition coefficient (Wildman–Crippen LogP) is -1.03. The van der Waals surface area contributed by atoms with Crippen LogP contribution in [0.25, 0.3) is 12.2 Å². The monoisotopic (exact) mass is 860 g/mol. The van der Waals surface area contributed by atoms with Gasteiger partial charge in [-0.05, 0) is 42.0 Å². The van der Waals surface area contributed by atoms with E-state index in [0.717, 1.165) is 30.3 Å². The molecule has 11 atom stereocenters. The Morgan fingerprint density at radius 1 is 0.656 bits per heavy atom. The Bertz CT molecular complexity index is 2170. The minimum Gasteiger partial charge on any atom is -0.508 e. The molecule has 22 nitrogen and oxygen atoms in total. The molecule has 3 heterocycles. The number of carbonyl (C=O) groups is 3. The van der Waals surface area contributed by atoms with Gasteiger partial charge < -0.3 is 94.4 Å². The highest BCUT2D eigenvalue weighted by Gasteiger charge is 2.48. The number of aromatic hydroxyl groups is 5. The largest absolute Gasteiger partial charge is 0.508 e.